The van der Waals surface area contributed by atoms with Crippen LogP contribution in [0.15, 0.2) is 60.9 Å². The fraction of sp³-hybridized carbons (Fsp3) is 0.294. The molecule has 2 aromatic carbocycles. The van der Waals surface area contributed by atoms with Crippen molar-refractivity contribution in [3.8, 4) is 58.0 Å². The predicted molar refractivity (Wildman–Crippen MR) is 169 cm³/mol. The molecule has 4 aromatic rings. The monoisotopic (exact) mass is 761 g/mol. The quantitative estimate of drug-likeness (QED) is 0.129. The van der Waals surface area contributed by atoms with E-state index in [-0.39, 0.29) is 21.1 Å². The van der Waals surface area contributed by atoms with Crippen molar-refractivity contribution >= 4 is 11.4 Å². The number of hydrogen-bond acceptors (Lipinski definition) is 8. The van der Waals surface area contributed by atoms with E-state index in [0.717, 1.165) is 39.8 Å². The van der Waals surface area contributed by atoms with Crippen molar-refractivity contribution in [2.75, 3.05) is 57.8 Å². The number of nitrogens with zero attached hydrogens (tertiary/aromatic N) is 4. The normalized spacial score (nSPS) is 9.81. The molecule has 0 amide bonds. The Morgan fingerprint density at radius 1 is 0.698 bits per heavy atom. The van der Waals surface area contributed by atoms with Gasteiger partial charge in [0, 0.05) is 69.2 Å². The minimum atomic E-state index is 0. The molecular formula is C34H38N4O4Pt. The van der Waals surface area contributed by atoms with Crippen LogP contribution >= 0.6 is 0 Å². The van der Waals surface area contributed by atoms with E-state index in [1.165, 1.54) is 0 Å². The van der Waals surface area contributed by atoms with Crippen LogP contribution in [0.5, 0.6) is 23.0 Å². The molecule has 0 aliphatic heterocycles. The zero-order valence-corrected chi connectivity index (χ0v) is 28.0. The van der Waals surface area contributed by atoms with Crippen LogP contribution in [0.3, 0.4) is 0 Å². The van der Waals surface area contributed by atoms with Gasteiger partial charge in [0.05, 0.1) is 25.6 Å². The van der Waals surface area contributed by atoms with Crippen LogP contribution < -0.4 is 28.7 Å². The first-order valence-corrected chi connectivity index (χ1v) is 13.7. The zero-order chi connectivity index (χ0) is 30.5. The van der Waals surface area contributed by atoms with E-state index < -0.39 is 0 Å². The molecule has 43 heavy (non-hydrogen) atoms. The van der Waals surface area contributed by atoms with E-state index in [4.69, 9.17) is 25.4 Å². The van der Waals surface area contributed by atoms with Crippen LogP contribution in [0.1, 0.15) is 20.8 Å². The van der Waals surface area contributed by atoms with Crippen molar-refractivity contribution in [2.45, 2.75) is 20.8 Å². The molecule has 9 heteroatoms. The Kier molecular flexibility index (Phi) is 14.4. The SMILES string of the molecule is C#COc1cc(OCC)c[c-]c1-c1cc(N(C)C)ccn1.CCOc1c[c-]c(-c2cc(N(C)C)ccn2)c(OCC)c1.[Pt+2]. The summed E-state index contributed by atoms with van der Waals surface area (Å²) in [7, 11) is 7.95. The van der Waals surface area contributed by atoms with Gasteiger partial charge in [0.2, 0.25) is 0 Å². The number of aromatic nitrogens is 2. The zero-order valence-electron chi connectivity index (χ0n) is 25.7. The average Bonchev–Trinajstić information content (AvgIpc) is 2.99. The van der Waals surface area contributed by atoms with E-state index >= 15 is 0 Å². The second kappa shape index (κ2) is 17.7. The van der Waals surface area contributed by atoms with Crippen LogP contribution in [-0.2, 0) is 21.1 Å². The molecular weight excluding hydrogens is 723 g/mol. The van der Waals surface area contributed by atoms with Crippen molar-refractivity contribution in [1.29, 1.82) is 0 Å². The first kappa shape index (κ1) is 35.0. The van der Waals surface area contributed by atoms with Gasteiger partial charge in [0.1, 0.15) is 6.11 Å². The molecule has 2 heterocycles. The summed E-state index contributed by atoms with van der Waals surface area (Å²) < 4.78 is 21.9. The number of hydrogen-bond donors (Lipinski definition) is 0. The molecule has 0 aliphatic carbocycles. The molecule has 0 saturated carbocycles. The number of anilines is 2. The van der Waals surface area contributed by atoms with Crippen LogP contribution in [0.4, 0.5) is 11.4 Å². The van der Waals surface area contributed by atoms with Crippen molar-refractivity contribution in [3.05, 3.63) is 73.1 Å². The van der Waals surface area contributed by atoms with Gasteiger partial charge in [-0.25, -0.2) is 0 Å². The maximum absolute atomic E-state index is 5.71. The third-order valence-corrected chi connectivity index (χ3v) is 5.88. The molecule has 0 atom stereocenters. The standard InChI is InChI=1S/C17H21N2O2.C17H17N2O2.Pt/c2*1-5-20-14-7-8-15(17(12-14)21-6-2)16-11-13(19(3)4)9-10-18-16;/h7,9-12H,5-6H2,1-4H3;2,7,9-12H,5H2,1,3-4H3;/q2*-1;+2. The predicted octanol–water partition coefficient (Wildman–Crippen LogP) is 6.39. The van der Waals surface area contributed by atoms with Gasteiger partial charge in [0.15, 0.2) is 0 Å². The van der Waals surface area contributed by atoms with Gasteiger partial charge in [-0.1, -0.05) is 41.8 Å². The van der Waals surface area contributed by atoms with Crippen LogP contribution in [0.25, 0.3) is 22.5 Å². The molecule has 0 bridgehead atoms. The minimum Gasteiger partial charge on any atom is -0.537 e. The molecule has 0 unspecified atom stereocenters. The first-order valence-electron chi connectivity index (χ1n) is 13.7. The van der Waals surface area contributed by atoms with E-state index in [0.29, 0.717) is 36.9 Å². The van der Waals surface area contributed by atoms with Gasteiger partial charge >= 0.3 is 21.1 Å². The smallest absolute Gasteiger partial charge is 0.537 e. The number of rotatable bonds is 11. The summed E-state index contributed by atoms with van der Waals surface area (Å²) in [5, 5.41) is 0. The fourth-order valence-electron chi connectivity index (χ4n) is 3.90. The van der Waals surface area contributed by atoms with Gasteiger partial charge in [-0.15, -0.1) is 24.3 Å². The average molecular weight is 762 g/mol. The second-order valence-electron chi connectivity index (χ2n) is 9.26. The fourth-order valence-corrected chi connectivity index (χ4v) is 3.90. The maximum atomic E-state index is 5.71. The van der Waals surface area contributed by atoms with E-state index in [1.807, 2.05) is 95.2 Å². The van der Waals surface area contributed by atoms with Crippen molar-refractivity contribution < 1.29 is 40.0 Å². The summed E-state index contributed by atoms with van der Waals surface area (Å²) in [5.41, 5.74) is 5.27. The van der Waals surface area contributed by atoms with Crippen LogP contribution in [0.2, 0.25) is 0 Å². The topological polar surface area (TPSA) is 69.2 Å². The Labute approximate surface area is 270 Å². The molecule has 4 rings (SSSR count). The molecule has 228 valence electrons. The molecule has 2 aromatic heterocycles. The number of terminal acetylenes is 1. The largest absolute Gasteiger partial charge is 2.00 e. The maximum Gasteiger partial charge on any atom is 2.00 e. The molecule has 0 saturated heterocycles. The van der Waals surface area contributed by atoms with Gasteiger partial charge in [-0.3, -0.25) is 0 Å². The van der Waals surface area contributed by atoms with Gasteiger partial charge < -0.3 is 38.7 Å². The third-order valence-electron chi connectivity index (χ3n) is 5.88. The summed E-state index contributed by atoms with van der Waals surface area (Å²) >= 11 is 0. The van der Waals surface area contributed by atoms with Gasteiger partial charge in [-0.05, 0) is 44.3 Å². The Hall–Kier alpha value is -4.21. The Morgan fingerprint density at radius 2 is 1.14 bits per heavy atom. The first-order chi connectivity index (χ1) is 20.3. The summed E-state index contributed by atoms with van der Waals surface area (Å²) in [4.78, 5) is 12.8. The number of pyridine rings is 2. The molecule has 0 radical (unpaired) electrons. The van der Waals surface area contributed by atoms with Gasteiger partial charge in [-0.2, -0.15) is 0 Å². The van der Waals surface area contributed by atoms with E-state index in [9.17, 15) is 0 Å². The summed E-state index contributed by atoms with van der Waals surface area (Å²) in [5.74, 6) is 2.67. The molecule has 0 spiro atoms. The third kappa shape index (κ3) is 9.94. The van der Waals surface area contributed by atoms with Crippen molar-refractivity contribution in [3.63, 3.8) is 0 Å². The van der Waals surface area contributed by atoms with E-state index in [1.54, 1.807) is 24.5 Å². The van der Waals surface area contributed by atoms with E-state index in [2.05, 4.69) is 28.2 Å². The second-order valence-corrected chi connectivity index (χ2v) is 9.26. The number of benzene rings is 2. The van der Waals surface area contributed by atoms with Crippen molar-refractivity contribution in [2.24, 2.45) is 0 Å². The molecule has 8 nitrogen and oxygen atoms in total. The van der Waals surface area contributed by atoms with Crippen molar-refractivity contribution in [1.82, 2.24) is 9.97 Å². The summed E-state index contributed by atoms with van der Waals surface area (Å²) in [6.07, 6.45) is 11.0. The Bertz CT molecular complexity index is 1490. The molecule has 0 aliphatic rings. The summed E-state index contributed by atoms with van der Waals surface area (Å²) in [6.45, 7) is 7.60. The van der Waals surface area contributed by atoms with Crippen LogP contribution in [-0.4, -0.2) is 58.0 Å². The minimum absolute atomic E-state index is 0. The summed E-state index contributed by atoms with van der Waals surface area (Å²) in [6, 6.07) is 21.5. The Balaban J connectivity index is 0.000000293. The van der Waals surface area contributed by atoms with Gasteiger partial charge in [0.25, 0.3) is 0 Å². The number of ether oxygens (including phenoxy) is 4. The molecule has 0 fully saturated rings. The van der Waals surface area contributed by atoms with Crippen LogP contribution in [0, 0.1) is 24.7 Å². The Morgan fingerprint density at radius 3 is 1.56 bits per heavy atom. The molecule has 0 N–H and O–H groups in total.